The molecule has 12 heteroatoms. The van der Waals surface area contributed by atoms with E-state index in [4.69, 9.17) is 19.2 Å². The van der Waals surface area contributed by atoms with Gasteiger partial charge in [0.25, 0.3) is 0 Å². The highest BCUT2D eigenvalue weighted by Crippen LogP contribution is 2.28. The molecule has 0 radical (unpaired) electrons. The van der Waals surface area contributed by atoms with Crippen LogP contribution in [0.4, 0.5) is 0 Å². The molecule has 136 valence electrons. The van der Waals surface area contributed by atoms with Gasteiger partial charge in [-0.3, -0.25) is 4.79 Å². The molecule has 1 fully saturated rings. The van der Waals surface area contributed by atoms with Crippen molar-refractivity contribution in [2.24, 2.45) is 0 Å². The van der Waals surface area contributed by atoms with E-state index in [1.807, 2.05) is 0 Å². The monoisotopic (exact) mass is 350 g/mol. The van der Waals surface area contributed by atoms with Gasteiger partial charge in [0.15, 0.2) is 6.23 Å². The Kier molecular flexibility index (Phi) is 6.06. The number of aliphatic hydroxyl groups excluding tert-OH is 3. The lowest BCUT2D eigenvalue weighted by atomic mass is 9.98. The minimum atomic E-state index is -1.64. The molecule has 0 saturated carbocycles. The first kappa shape index (κ1) is 18.5. The van der Waals surface area contributed by atoms with E-state index in [9.17, 15) is 30.1 Å². The Morgan fingerprint density at radius 1 is 1.33 bits per heavy atom. The fourth-order valence-electron chi connectivity index (χ4n) is 2.17. The molecule has 6 atom stereocenters. The first-order chi connectivity index (χ1) is 11.3. The van der Waals surface area contributed by atoms with Gasteiger partial charge in [-0.2, -0.15) is 4.74 Å². The lowest BCUT2D eigenvalue weighted by Gasteiger charge is -2.39. The lowest BCUT2D eigenvalue weighted by molar-refractivity contribution is -1.05. The van der Waals surface area contributed by atoms with Crippen molar-refractivity contribution in [1.29, 1.82) is 0 Å². The summed E-state index contributed by atoms with van der Waals surface area (Å²) in [5.41, 5.74) is -0.705. The highest BCUT2D eigenvalue weighted by molar-refractivity contribution is 5.69. The zero-order chi connectivity index (χ0) is 17.9. The van der Waals surface area contributed by atoms with Gasteiger partial charge < -0.3 is 34.5 Å². The molecule has 1 aromatic heterocycles. The number of hydrogen-bond donors (Lipinski definition) is 5. The van der Waals surface area contributed by atoms with E-state index in [2.05, 4.69) is 0 Å². The van der Waals surface area contributed by atoms with Gasteiger partial charge in [-0.25, -0.2) is 15.2 Å². The molecule has 0 amide bonds. The van der Waals surface area contributed by atoms with E-state index in [1.54, 1.807) is 0 Å². The Hall–Kier alpha value is -1.80. The van der Waals surface area contributed by atoms with Crippen molar-refractivity contribution in [3.8, 4) is 0 Å². The maximum atomic E-state index is 11.4. The maximum Gasteiger partial charge on any atom is 0.357 e. The summed E-state index contributed by atoms with van der Waals surface area (Å²) in [6.45, 7) is -0.892. The third-order valence-electron chi connectivity index (χ3n) is 3.44. The second kappa shape index (κ2) is 7.85. The van der Waals surface area contributed by atoms with Crippen LogP contribution in [0.3, 0.4) is 0 Å². The van der Waals surface area contributed by atoms with E-state index in [-0.39, 0.29) is 6.42 Å². The predicted octanol–water partition coefficient (Wildman–Crippen LogP) is -3.87. The van der Waals surface area contributed by atoms with Crippen molar-refractivity contribution in [1.82, 2.24) is 4.74 Å². The van der Waals surface area contributed by atoms with Crippen molar-refractivity contribution in [2.75, 3.05) is 13.2 Å². The van der Waals surface area contributed by atoms with Gasteiger partial charge in [0.05, 0.1) is 6.42 Å². The molecule has 1 aliphatic heterocycles. The van der Waals surface area contributed by atoms with Crippen LogP contribution in [0.2, 0.25) is 0 Å². The molecule has 1 aliphatic rings. The molecule has 2 rings (SSSR count). The number of ether oxygens (including phenoxy) is 2. The zero-order valence-corrected chi connectivity index (χ0v) is 12.3. The van der Waals surface area contributed by atoms with Gasteiger partial charge in [-0.1, -0.05) is 0 Å². The highest BCUT2D eigenvalue weighted by atomic mass is 16.8. The van der Waals surface area contributed by atoms with Crippen LogP contribution in [0.15, 0.2) is 21.6 Å². The summed E-state index contributed by atoms with van der Waals surface area (Å²) in [4.78, 5) is 22.5. The third kappa shape index (κ3) is 4.39. The fraction of sp³-hybridized carbons (Fsp3) is 0.667. The summed E-state index contributed by atoms with van der Waals surface area (Å²) in [5, 5.41) is 47.4. The number of aliphatic hydroxyl groups is 3. The van der Waals surface area contributed by atoms with Gasteiger partial charge >= 0.3 is 11.6 Å². The minimum Gasteiger partial charge on any atom is -0.600 e. The quantitative estimate of drug-likeness (QED) is 0.252. The van der Waals surface area contributed by atoms with E-state index in [0.29, 0.717) is 0 Å². The second-order valence-electron chi connectivity index (χ2n) is 5.20. The molecule has 1 saturated heterocycles. The molecule has 24 heavy (non-hydrogen) atoms. The number of nitrogens with zero attached hydrogens (tertiary/aromatic N) is 1. The summed E-state index contributed by atoms with van der Waals surface area (Å²) in [7, 11) is 0. The Labute approximate surface area is 134 Å². The average Bonchev–Trinajstić information content (AvgIpc) is 2.96. The first-order valence-electron chi connectivity index (χ1n) is 7.05. The molecule has 2 heterocycles. The average molecular weight is 350 g/mol. The van der Waals surface area contributed by atoms with Crippen molar-refractivity contribution in [2.45, 2.75) is 37.1 Å². The predicted molar refractivity (Wildman–Crippen MR) is 71.5 cm³/mol. The molecule has 0 bridgehead atoms. The summed E-state index contributed by atoms with van der Waals surface area (Å²) < 4.78 is 15.7. The molecule has 0 aliphatic carbocycles. The number of aromatic nitrogens is 1. The van der Waals surface area contributed by atoms with Crippen LogP contribution in [0.1, 0.15) is 12.6 Å². The van der Waals surface area contributed by atoms with E-state index >= 15 is 0 Å². The molecule has 1 aromatic rings. The summed E-state index contributed by atoms with van der Waals surface area (Å²) >= 11 is 0. The number of carbonyl (C=O) groups excluding carboxylic acids is 1. The SMILES string of the molecule is O=C(CC[NH+]([O-])O)OCC1OC(n2ccc(=O)o2)C(O)C(O)C1O. The zero-order valence-electron chi connectivity index (χ0n) is 12.3. The number of nitrogens with one attached hydrogen (secondary N) is 1. The van der Waals surface area contributed by atoms with Gasteiger partial charge in [0.1, 0.15) is 37.6 Å². The highest BCUT2D eigenvalue weighted by Gasteiger charge is 2.45. The fourth-order valence-corrected chi connectivity index (χ4v) is 2.17. The van der Waals surface area contributed by atoms with Crippen molar-refractivity contribution < 1.29 is 44.5 Å². The van der Waals surface area contributed by atoms with Crippen LogP contribution in [0.25, 0.3) is 0 Å². The van der Waals surface area contributed by atoms with E-state index < -0.39 is 60.6 Å². The van der Waals surface area contributed by atoms with E-state index in [1.165, 1.54) is 6.20 Å². The number of hydroxylamine groups is 2. The number of quaternary nitrogens is 1. The second-order valence-corrected chi connectivity index (χ2v) is 5.20. The largest absolute Gasteiger partial charge is 0.600 e. The maximum absolute atomic E-state index is 11.4. The molecule has 12 nitrogen and oxygen atoms in total. The van der Waals surface area contributed by atoms with E-state index in [0.717, 1.165) is 10.8 Å². The number of esters is 1. The topological polar surface area (TPSA) is 179 Å². The molecule has 6 unspecified atom stereocenters. The molecule has 5 N–H and O–H groups in total. The van der Waals surface area contributed by atoms with Crippen LogP contribution in [-0.2, 0) is 14.3 Å². The van der Waals surface area contributed by atoms with Gasteiger partial charge in [0, 0.05) is 12.3 Å². The van der Waals surface area contributed by atoms with Crippen LogP contribution in [0, 0.1) is 5.21 Å². The van der Waals surface area contributed by atoms with Crippen LogP contribution >= 0.6 is 0 Å². The standard InChI is InChI=1S/C12H18N2O10/c15-7(2-4-14(20)21)22-5-6-9(17)10(18)11(19)12(23-6)13-3-1-8(16)24-13/h1,3,6,9-12,14,17-20H,2,4-5H2. The van der Waals surface area contributed by atoms with Crippen LogP contribution in [0.5, 0.6) is 0 Å². The Morgan fingerprint density at radius 3 is 2.62 bits per heavy atom. The molecule has 0 spiro atoms. The van der Waals surface area contributed by atoms with Crippen LogP contribution in [-0.4, -0.2) is 68.8 Å². The molecular weight excluding hydrogens is 332 g/mol. The number of rotatable bonds is 6. The summed E-state index contributed by atoms with van der Waals surface area (Å²) in [6.07, 6.45) is -6.50. The Morgan fingerprint density at radius 2 is 2.04 bits per heavy atom. The van der Waals surface area contributed by atoms with Gasteiger partial charge in [-0.05, 0) is 0 Å². The van der Waals surface area contributed by atoms with Crippen molar-refractivity contribution in [3.63, 3.8) is 0 Å². The minimum absolute atomic E-state index is 0.362. The normalized spacial score (nSPS) is 31.6. The third-order valence-corrected chi connectivity index (χ3v) is 3.44. The Balaban J connectivity index is 1.98. The first-order valence-corrected chi connectivity index (χ1v) is 7.05. The lowest BCUT2D eigenvalue weighted by Crippen LogP contribution is -3.04. The van der Waals surface area contributed by atoms with Crippen LogP contribution < -0.4 is 10.9 Å². The van der Waals surface area contributed by atoms with Crippen molar-refractivity contribution in [3.05, 3.63) is 27.9 Å². The molecular formula is C12H18N2O10. The summed E-state index contributed by atoms with van der Waals surface area (Å²) in [6, 6.07) is 1.06. The number of hydrogen-bond acceptors (Lipinski definition) is 10. The molecule has 0 aromatic carbocycles. The van der Waals surface area contributed by atoms with Gasteiger partial charge in [-0.15, -0.1) is 0 Å². The summed E-state index contributed by atoms with van der Waals surface area (Å²) in [5.74, 6) is -0.821. The Bertz CT molecular complexity index is 599. The number of carbonyl (C=O) groups is 1. The smallest absolute Gasteiger partial charge is 0.357 e. The van der Waals surface area contributed by atoms with Gasteiger partial charge in [0.2, 0.25) is 0 Å². The van der Waals surface area contributed by atoms with Crippen molar-refractivity contribution >= 4 is 5.97 Å².